The second-order valence-electron chi connectivity index (χ2n) is 11.4. The van der Waals surface area contributed by atoms with Crippen LogP contribution in [0.3, 0.4) is 0 Å². The van der Waals surface area contributed by atoms with Crippen molar-refractivity contribution >= 4 is 29.3 Å². The summed E-state index contributed by atoms with van der Waals surface area (Å²) in [6.07, 6.45) is 4.47. The predicted molar refractivity (Wildman–Crippen MR) is 179 cm³/mol. The van der Waals surface area contributed by atoms with Crippen molar-refractivity contribution in [1.82, 2.24) is 10.3 Å². The number of ether oxygens (including phenoxy) is 2. The molecule has 2 saturated heterocycles. The summed E-state index contributed by atoms with van der Waals surface area (Å²) in [4.78, 5) is 10.0. The van der Waals surface area contributed by atoms with Crippen molar-refractivity contribution in [3.8, 4) is 17.6 Å². The molecule has 0 atom stereocenters. The second-order valence-corrected chi connectivity index (χ2v) is 11.8. The molecule has 2 aliphatic heterocycles. The van der Waals surface area contributed by atoms with E-state index in [1.807, 2.05) is 52.1 Å². The van der Waals surface area contributed by atoms with Gasteiger partial charge in [0.25, 0.3) is 0 Å². The van der Waals surface area contributed by atoms with E-state index in [-0.39, 0.29) is 12.2 Å². The average molecular weight is 603 g/mol. The van der Waals surface area contributed by atoms with Gasteiger partial charge in [0.2, 0.25) is 0 Å². The van der Waals surface area contributed by atoms with Gasteiger partial charge in [0.05, 0.1) is 17.9 Å². The predicted octanol–water partition coefficient (Wildman–Crippen LogP) is 6.39. The fourth-order valence-corrected chi connectivity index (χ4v) is 5.59. The highest BCUT2D eigenvalue weighted by Gasteiger charge is 2.18. The highest BCUT2D eigenvalue weighted by Crippen LogP contribution is 2.25. The number of benzene rings is 2. The molecule has 1 aromatic heterocycles. The Balaban J connectivity index is 0.000000215. The number of nitrogens with zero attached hydrogens (tertiary/aromatic N) is 4. The lowest BCUT2D eigenvalue weighted by atomic mass is 10.2. The zero-order valence-electron chi connectivity index (χ0n) is 26.0. The number of anilines is 3. The molecular formula is C34H46N6O2S. The third-order valence-corrected chi connectivity index (χ3v) is 7.70. The van der Waals surface area contributed by atoms with E-state index >= 15 is 0 Å². The highest BCUT2D eigenvalue weighted by molar-refractivity contribution is 7.71. The first kappa shape index (κ1) is 32.2. The van der Waals surface area contributed by atoms with Crippen molar-refractivity contribution in [2.75, 3.05) is 67.1 Å². The van der Waals surface area contributed by atoms with E-state index in [4.69, 9.17) is 21.7 Å². The molecule has 2 aromatic carbocycles. The molecule has 3 aromatic rings. The molecule has 0 aliphatic carbocycles. The van der Waals surface area contributed by atoms with Crippen LogP contribution in [0.2, 0.25) is 0 Å². The van der Waals surface area contributed by atoms with Crippen molar-refractivity contribution in [3.63, 3.8) is 0 Å². The molecule has 3 heterocycles. The van der Waals surface area contributed by atoms with Gasteiger partial charge < -0.3 is 34.5 Å². The molecular weight excluding hydrogens is 556 g/mol. The molecule has 230 valence electrons. The van der Waals surface area contributed by atoms with Gasteiger partial charge in [0, 0.05) is 63.4 Å². The number of aromatic amines is 1. The van der Waals surface area contributed by atoms with Gasteiger partial charge in [-0.25, -0.2) is 0 Å². The molecule has 9 heteroatoms. The second kappa shape index (κ2) is 16.2. The van der Waals surface area contributed by atoms with Gasteiger partial charge in [-0.05, 0) is 102 Å². The molecule has 0 bridgehead atoms. The first-order valence-corrected chi connectivity index (χ1v) is 15.9. The summed E-state index contributed by atoms with van der Waals surface area (Å²) in [7, 11) is 0. The summed E-state index contributed by atoms with van der Waals surface area (Å²) in [5, 5.41) is 12.9. The van der Waals surface area contributed by atoms with Gasteiger partial charge in [-0.1, -0.05) is 12.2 Å². The molecule has 0 radical (unpaired) electrons. The van der Waals surface area contributed by atoms with E-state index in [0.717, 1.165) is 76.0 Å². The third-order valence-electron chi connectivity index (χ3n) is 7.37. The van der Waals surface area contributed by atoms with Crippen LogP contribution in [0.1, 0.15) is 46.1 Å². The summed E-state index contributed by atoms with van der Waals surface area (Å²) in [6, 6.07) is 20.9. The Morgan fingerprint density at radius 2 is 1.23 bits per heavy atom. The van der Waals surface area contributed by atoms with Crippen LogP contribution in [0, 0.1) is 16.0 Å². The lowest BCUT2D eigenvalue weighted by Crippen LogP contribution is -2.31. The number of hydrogen-bond donors (Lipinski definition) is 2. The van der Waals surface area contributed by atoms with E-state index < -0.39 is 0 Å². The number of nitriles is 1. The smallest absolute Gasteiger partial charge is 0.123 e. The van der Waals surface area contributed by atoms with Gasteiger partial charge in [-0.3, -0.25) is 0 Å². The van der Waals surface area contributed by atoms with Crippen LogP contribution in [0.15, 0.2) is 60.8 Å². The van der Waals surface area contributed by atoms with E-state index in [9.17, 15) is 5.26 Å². The Morgan fingerprint density at radius 1 is 0.698 bits per heavy atom. The van der Waals surface area contributed by atoms with Crippen molar-refractivity contribution in [2.45, 2.75) is 52.7 Å². The molecule has 0 saturated carbocycles. The van der Waals surface area contributed by atoms with Crippen LogP contribution < -0.4 is 29.5 Å². The Morgan fingerprint density at radius 3 is 1.81 bits per heavy atom. The van der Waals surface area contributed by atoms with Crippen molar-refractivity contribution in [2.24, 2.45) is 0 Å². The molecule has 2 aliphatic rings. The highest BCUT2D eigenvalue weighted by atomic mass is 32.1. The van der Waals surface area contributed by atoms with Gasteiger partial charge in [-0.15, -0.1) is 0 Å². The van der Waals surface area contributed by atoms with E-state index in [1.165, 1.54) is 17.8 Å². The third kappa shape index (κ3) is 9.63. The summed E-state index contributed by atoms with van der Waals surface area (Å²) in [5.74, 6) is 1.86. The molecule has 43 heavy (non-hydrogen) atoms. The van der Waals surface area contributed by atoms with Crippen LogP contribution in [0.4, 0.5) is 17.1 Å². The molecule has 0 amide bonds. The lowest BCUT2D eigenvalue weighted by molar-refractivity contribution is 0.242. The summed E-state index contributed by atoms with van der Waals surface area (Å²) >= 11 is 5.26. The maximum Gasteiger partial charge on any atom is 0.123 e. The van der Waals surface area contributed by atoms with Crippen molar-refractivity contribution < 1.29 is 9.47 Å². The van der Waals surface area contributed by atoms with Crippen LogP contribution >= 0.6 is 12.2 Å². The normalized spacial score (nSPS) is 15.7. The van der Waals surface area contributed by atoms with E-state index in [1.54, 1.807) is 0 Å². The zero-order valence-corrected chi connectivity index (χ0v) is 26.8. The first-order chi connectivity index (χ1) is 20.8. The average Bonchev–Trinajstić information content (AvgIpc) is 3.42. The minimum absolute atomic E-state index is 0.180. The van der Waals surface area contributed by atoms with Crippen molar-refractivity contribution in [1.29, 1.82) is 5.26 Å². The Kier molecular flexibility index (Phi) is 12.1. The molecule has 2 N–H and O–H groups in total. The molecule has 5 rings (SSSR count). The van der Waals surface area contributed by atoms with E-state index in [0.29, 0.717) is 10.2 Å². The largest absolute Gasteiger partial charge is 0.491 e. The fraction of sp³-hybridized carbons (Fsp3) is 0.471. The summed E-state index contributed by atoms with van der Waals surface area (Å²) in [5.41, 5.74) is 3.99. The first-order valence-electron chi connectivity index (χ1n) is 15.4. The minimum atomic E-state index is 0.180. The fourth-order valence-electron chi connectivity index (χ4n) is 5.38. The number of hydrogen-bond acceptors (Lipinski definition) is 8. The van der Waals surface area contributed by atoms with E-state index in [2.05, 4.69) is 67.5 Å². The van der Waals surface area contributed by atoms with Crippen molar-refractivity contribution in [3.05, 3.63) is 71.0 Å². The number of rotatable bonds is 7. The maximum absolute atomic E-state index is 9.43. The number of aromatic nitrogens is 1. The van der Waals surface area contributed by atoms with Crippen LogP contribution in [-0.2, 0) is 0 Å². The summed E-state index contributed by atoms with van der Waals surface area (Å²) in [6.45, 7) is 16.3. The lowest BCUT2D eigenvalue weighted by Gasteiger charge is -2.25. The maximum atomic E-state index is 9.43. The van der Waals surface area contributed by atoms with Crippen LogP contribution in [0.25, 0.3) is 0 Å². The quantitative estimate of drug-likeness (QED) is 0.301. The summed E-state index contributed by atoms with van der Waals surface area (Å²) < 4.78 is 11.9. The number of pyridine rings is 1. The topological polar surface area (TPSA) is 79.8 Å². The Labute approximate surface area is 262 Å². The SMILES string of the molecule is CC(C)Oc1ccc(N2CCCN(c3cc[nH]c(=S)c3C#N)CC2)cc1.CC(C)Oc1ccc(N2CCCNCC2)cc1. The van der Waals surface area contributed by atoms with Gasteiger partial charge in [-0.2, -0.15) is 5.26 Å². The molecule has 0 spiro atoms. The van der Waals surface area contributed by atoms with Crippen LogP contribution in [-0.4, -0.2) is 69.5 Å². The number of nitrogens with one attached hydrogen (secondary N) is 2. The van der Waals surface area contributed by atoms with Gasteiger partial charge in [0.15, 0.2) is 0 Å². The minimum Gasteiger partial charge on any atom is -0.491 e. The Hall–Kier alpha value is -3.74. The van der Waals surface area contributed by atoms with Crippen LogP contribution in [0.5, 0.6) is 11.5 Å². The Bertz CT molecular complexity index is 1360. The molecule has 2 fully saturated rings. The molecule has 8 nitrogen and oxygen atoms in total. The number of H-pyrrole nitrogens is 1. The molecule has 0 unspecified atom stereocenters. The van der Waals surface area contributed by atoms with Gasteiger partial charge >= 0.3 is 0 Å². The standard InChI is InChI=1S/C20H24N4OS.C14H22N2O/c1-15(2)25-17-6-4-16(5-7-17)23-10-3-11-24(13-12-23)19-8-9-22-20(26)18(19)14-21;1-12(2)17-14-6-4-13(5-7-14)16-10-3-8-15-9-11-16/h4-9,15H,3,10-13H2,1-2H3,(H,22,26);4-7,12,15H,3,8-11H2,1-2H3. The monoisotopic (exact) mass is 602 g/mol. The van der Waals surface area contributed by atoms with Gasteiger partial charge in [0.1, 0.15) is 27.8 Å². The zero-order chi connectivity index (χ0) is 30.6.